The Balaban J connectivity index is 3.74. The van der Waals surface area contributed by atoms with Crippen LogP contribution < -0.4 is 10.6 Å². The van der Waals surface area contributed by atoms with Crippen LogP contribution >= 0.6 is 0 Å². The molecule has 5 nitrogen and oxygen atoms in total. The van der Waals surface area contributed by atoms with E-state index in [1.807, 2.05) is 0 Å². The lowest BCUT2D eigenvalue weighted by Gasteiger charge is -2.18. The summed E-state index contributed by atoms with van der Waals surface area (Å²) in [4.78, 5) is 6.98. The van der Waals surface area contributed by atoms with Crippen molar-refractivity contribution < 1.29 is 4.74 Å². The molecular formula is C15H34N4O. The van der Waals surface area contributed by atoms with Crippen LogP contribution in [0.1, 0.15) is 40.0 Å². The summed E-state index contributed by atoms with van der Waals surface area (Å²) in [6.45, 7) is 13.5. The van der Waals surface area contributed by atoms with Gasteiger partial charge in [0.25, 0.3) is 0 Å². The van der Waals surface area contributed by atoms with Gasteiger partial charge in [0.1, 0.15) is 0 Å². The number of unbranched alkanes of at least 4 members (excludes halogenated alkanes) is 1. The van der Waals surface area contributed by atoms with Crippen LogP contribution in [-0.2, 0) is 4.74 Å². The summed E-state index contributed by atoms with van der Waals surface area (Å²) in [6.07, 6.45) is 3.38. The first kappa shape index (κ1) is 19.2. The van der Waals surface area contributed by atoms with Crippen LogP contribution in [0.4, 0.5) is 0 Å². The summed E-state index contributed by atoms with van der Waals surface area (Å²) >= 11 is 0. The molecule has 0 aliphatic carbocycles. The molecular weight excluding hydrogens is 252 g/mol. The molecule has 0 spiro atoms. The van der Waals surface area contributed by atoms with E-state index in [1.165, 1.54) is 19.4 Å². The number of nitrogens with one attached hydrogen (secondary N) is 2. The van der Waals surface area contributed by atoms with Gasteiger partial charge in [-0.05, 0) is 45.8 Å². The molecule has 0 aliphatic rings. The molecule has 0 radical (unpaired) electrons. The number of hydrogen-bond acceptors (Lipinski definition) is 3. The first-order chi connectivity index (χ1) is 9.78. The molecule has 0 saturated carbocycles. The van der Waals surface area contributed by atoms with Crippen molar-refractivity contribution in [1.29, 1.82) is 0 Å². The standard InChI is InChI=1S/C15H34N4O/c1-5-16-15(18-12-10-14-20-4)17-11-8-9-13-19(6-2)7-3/h5-14H2,1-4H3,(H2,16,17,18). The van der Waals surface area contributed by atoms with Gasteiger partial charge in [0, 0.05) is 33.4 Å². The van der Waals surface area contributed by atoms with Gasteiger partial charge >= 0.3 is 0 Å². The van der Waals surface area contributed by atoms with Crippen LogP contribution in [0.2, 0.25) is 0 Å². The molecule has 0 atom stereocenters. The fourth-order valence-corrected chi connectivity index (χ4v) is 1.95. The van der Waals surface area contributed by atoms with Crippen molar-refractivity contribution >= 4 is 5.96 Å². The maximum Gasteiger partial charge on any atom is 0.191 e. The van der Waals surface area contributed by atoms with E-state index in [1.54, 1.807) is 7.11 Å². The van der Waals surface area contributed by atoms with Gasteiger partial charge in [0.2, 0.25) is 0 Å². The molecule has 0 aromatic rings. The lowest BCUT2D eigenvalue weighted by atomic mass is 10.3. The summed E-state index contributed by atoms with van der Waals surface area (Å²) in [7, 11) is 1.73. The molecule has 0 rings (SSSR count). The van der Waals surface area contributed by atoms with E-state index >= 15 is 0 Å². The average Bonchev–Trinajstić information content (AvgIpc) is 2.47. The zero-order valence-corrected chi connectivity index (χ0v) is 13.9. The SMILES string of the molecule is CCNC(=NCCCOC)NCCCCN(CC)CC. The lowest BCUT2D eigenvalue weighted by molar-refractivity contribution is 0.197. The van der Waals surface area contributed by atoms with Crippen LogP contribution in [0, 0.1) is 0 Å². The second-order valence-corrected chi connectivity index (χ2v) is 4.77. The highest BCUT2D eigenvalue weighted by Gasteiger charge is 1.99. The van der Waals surface area contributed by atoms with E-state index < -0.39 is 0 Å². The van der Waals surface area contributed by atoms with E-state index in [2.05, 4.69) is 41.3 Å². The van der Waals surface area contributed by atoms with Gasteiger partial charge in [-0.1, -0.05) is 13.8 Å². The lowest BCUT2D eigenvalue weighted by Crippen LogP contribution is -2.38. The third kappa shape index (κ3) is 11.1. The number of methoxy groups -OCH3 is 1. The largest absolute Gasteiger partial charge is 0.385 e. The zero-order chi connectivity index (χ0) is 15.1. The van der Waals surface area contributed by atoms with Crippen LogP contribution in [-0.4, -0.2) is 63.8 Å². The predicted octanol–water partition coefficient (Wildman–Crippen LogP) is 1.70. The Bertz CT molecular complexity index is 230. The second-order valence-electron chi connectivity index (χ2n) is 4.77. The average molecular weight is 286 g/mol. The summed E-state index contributed by atoms with van der Waals surface area (Å²) in [5.41, 5.74) is 0. The van der Waals surface area contributed by atoms with E-state index in [-0.39, 0.29) is 0 Å². The molecule has 0 saturated heterocycles. The molecule has 0 aliphatic heterocycles. The Morgan fingerprint density at radius 1 is 1.05 bits per heavy atom. The molecule has 120 valence electrons. The summed E-state index contributed by atoms with van der Waals surface area (Å²) < 4.78 is 5.03. The molecule has 2 N–H and O–H groups in total. The smallest absolute Gasteiger partial charge is 0.191 e. The van der Waals surface area contributed by atoms with E-state index in [0.717, 1.165) is 51.7 Å². The molecule has 0 heterocycles. The molecule has 0 fully saturated rings. The van der Waals surface area contributed by atoms with E-state index in [4.69, 9.17) is 4.74 Å². The van der Waals surface area contributed by atoms with Crippen molar-refractivity contribution in [1.82, 2.24) is 15.5 Å². The van der Waals surface area contributed by atoms with Gasteiger partial charge in [-0.15, -0.1) is 0 Å². The van der Waals surface area contributed by atoms with Crippen molar-refractivity contribution in [2.24, 2.45) is 4.99 Å². The number of nitrogens with zero attached hydrogens (tertiary/aromatic N) is 2. The zero-order valence-electron chi connectivity index (χ0n) is 13.9. The van der Waals surface area contributed by atoms with Crippen LogP contribution in [0.5, 0.6) is 0 Å². The van der Waals surface area contributed by atoms with Crippen molar-refractivity contribution in [3.63, 3.8) is 0 Å². The highest BCUT2D eigenvalue weighted by atomic mass is 16.5. The quantitative estimate of drug-likeness (QED) is 0.326. The van der Waals surface area contributed by atoms with Gasteiger partial charge in [-0.3, -0.25) is 4.99 Å². The van der Waals surface area contributed by atoms with Gasteiger partial charge in [-0.2, -0.15) is 0 Å². The summed E-state index contributed by atoms with van der Waals surface area (Å²) in [5, 5.41) is 6.66. The normalized spacial score (nSPS) is 11.9. The Morgan fingerprint density at radius 2 is 1.80 bits per heavy atom. The molecule has 0 unspecified atom stereocenters. The summed E-state index contributed by atoms with van der Waals surface area (Å²) in [5.74, 6) is 0.923. The molecule has 0 amide bonds. The maximum absolute atomic E-state index is 5.03. The molecule has 0 aromatic carbocycles. The second kappa shape index (κ2) is 14.6. The Kier molecular flexibility index (Phi) is 14.0. The minimum Gasteiger partial charge on any atom is -0.385 e. The third-order valence-corrected chi connectivity index (χ3v) is 3.21. The van der Waals surface area contributed by atoms with Crippen LogP contribution in [0.25, 0.3) is 0 Å². The number of rotatable bonds is 12. The van der Waals surface area contributed by atoms with Crippen molar-refractivity contribution in [3.8, 4) is 0 Å². The van der Waals surface area contributed by atoms with Crippen molar-refractivity contribution in [3.05, 3.63) is 0 Å². The molecule has 5 heteroatoms. The van der Waals surface area contributed by atoms with E-state index in [0.29, 0.717) is 0 Å². The maximum atomic E-state index is 5.03. The highest BCUT2D eigenvalue weighted by Crippen LogP contribution is 1.94. The van der Waals surface area contributed by atoms with Crippen molar-refractivity contribution in [2.75, 3.05) is 53.0 Å². The van der Waals surface area contributed by atoms with Gasteiger partial charge in [-0.25, -0.2) is 0 Å². The molecule has 20 heavy (non-hydrogen) atoms. The Hall–Kier alpha value is -0.810. The summed E-state index contributed by atoms with van der Waals surface area (Å²) in [6, 6.07) is 0. The topological polar surface area (TPSA) is 48.9 Å². The van der Waals surface area contributed by atoms with E-state index in [9.17, 15) is 0 Å². The number of hydrogen-bond donors (Lipinski definition) is 2. The molecule has 0 bridgehead atoms. The van der Waals surface area contributed by atoms with Gasteiger partial charge in [0.15, 0.2) is 5.96 Å². The van der Waals surface area contributed by atoms with Gasteiger partial charge < -0.3 is 20.3 Å². The third-order valence-electron chi connectivity index (χ3n) is 3.21. The number of aliphatic imine (C=N–C) groups is 1. The van der Waals surface area contributed by atoms with Crippen LogP contribution in [0.3, 0.4) is 0 Å². The van der Waals surface area contributed by atoms with Crippen molar-refractivity contribution in [2.45, 2.75) is 40.0 Å². The highest BCUT2D eigenvalue weighted by molar-refractivity contribution is 5.79. The Labute approximate surface area is 125 Å². The fourth-order valence-electron chi connectivity index (χ4n) is 1.95. The number of guanidine groups is 1. The Morgan fingerprint density at radius 3 is 2.40 bits per heavy atom. The predicted molar refractivity (Wildman–Crippen MR) is 87.5 cm³/mol. The van der Waals surface area contributed by atoms with Gasteiger partial charge in [0.05, 0.1) is 0 Å². The fraction of sp³-hybridized carbons (Fsp3) is 0.933. The number of ether oxygens (including phenoxy) is 1. The monoisotopic (exact) mass is 286 g/mol. The first-order valence-electron chi connectivity index (χ1n) is 8.01. The van der Waals surface area contributed by atoms with Crippen LogP contribution in [0.15, 0.2) is 4.99 Å². The minimum absolute atomic E-state index is 0.771. The first-order valence-corrected chi connectivity index (χ1v) is 8.01. The minimum atomic E-state index is 0.771. The molecule has 0 aromatic heterocycles.